The Morgan fingerprint density at radius 3 is 2.23 bits per heavy atom. The number of anilines is 1. The van der Waals surface area contributed by atoms with Gasteiger partial charge in [0.05, 0.1) is 24.1 Å². The normalized spacial score (nSPS) is 9.80. The SMILES string of the molecule is N#CCc1ccc(OCc2ccccc2NC(=O)COc2ccc(C#N)cc2)cc1. The van der Waals surface area contributed by atoms with E-state index in [2.05, 4.69) is 11.4 Å². The molecular formula is C24H19N3O3. The number of hydrogen-bond donors (Lipinski definition) is 1. The van der Waals surface area contributed by atoms with Crippen molar-refractivity contribution in [2.75, 3.05) is 11.9 Å². The molecule has 0 fully saturated rings. The molecule has 30 heavy (non-hydrogen) atoms. The lowest BCUT2D eigenvalue weighted by molar-refractivity contribution is -0.118. The predicted molar refractivity (Wildman–Crippen MR) is 112 cm³/mol. The summed E-state index contributed by atoms with van der Waals surface area (Å²) in [6.45, 7) is 0.131. The first-order valence-corrected chi connectivity index (χ1v) is 9.27. The van der Waals surface area contributed by atoms with Crippen molar-refractivity contribution in [3.8, 4) is 23.6 Å². The Bertz CT molecular complexity index is 1080. The quantitative estimate of drug-likeness (QED) is 0.614. The fraction of sp³-hybridized carbons (Fsp3) is 0.125. The molecule has 0 saturated heterocycles. The topological polar surface area (TPSA) is 95.1 Å². The lowest BCUT2D eigenvalue weighted by Crippen LogP contribution is -2.21. The highest BCUT2D eigenvalue weighted by molar-refractivity contribution is 5.92. The molecular weight excluding hydrogens is 378 g/mol. The van der Waals surface area contributed by atoms with Crippen molar-refractivity contribution in [1.29, 1.82) is 10.5 Å². The fourth-order valence-electron chi connectivity index (χ4n) is 2.68. The predicted octanol–water partition coefficient (Wildman–Crippen LogP) is 4.22. The van der Waals surface area contributed by atoms with Crippen LogP contribution in [0.3, 0.4) is 0 Å². The van der Waals surface area contributed by atoms with E-state index in [1.807, 2.05) is 48.5 Å². The van der Waals surface area contributed by atoms with Gasteiger partial charge < -0.3 is 14.8 Å². The number of para-hydroxylation sites is 1. The summed E-state index contributed by atoms with van der Waals surface area (Å²) in [6.07, 6.45) is 0.361. The number of amides is 1. The molecule has 6 heteroatoms. The zero-order valence-electron chi connectivity index (χ0n) is 16.2. The third-order valence-electron chi connectivity index (χ3n) is 4.25. The molecule has 3 aromatic rings. The van der Waals surface area contributed by atoms with E-state index in [4.69, 9.17) is 20.0 Å². The van der Waals surface area contributed by atoms with Crippen molar-refractivity contribution >= 4 is 11.6 Å². The van der Waals surface area contributed by atoms with Gasteiger partial charge in [-0.05, 0) is 48.0 Å². The number of hydrogen-bond acceptors (Lipinski definition) is 5. The van der Waals surface area contributed by atoms with Gasteiger partial charge in [-0.1, -0.05) is 30.3 Å². The highest BCUT2D eigenvalue weighted by Gasteiger charge is 2.08. The maximum Gasteiger partial charge on any atom is 0.262 e. The van der Waals surface area contributed by atoms with Crippen LogP contribution in [0.1, 0.15) is 16.7 Å². The van der Waals surface area contributed by atoms with E-state index in [1.165, 1.54) is 0 Å². The summed E-state index contributed by atoms with van der Waals surface area (Å²) in [4.78, 5) is 12.3. The summed E-state index contributed by atoms with van der Waals surface area (Å²) in [5.74, 6) is 0.898. The molecule has 0 aliphatic carbocycles. The van der Waals surface area contributed by atoms with Crippen LogP contribution in [0, 0.1) is 22.7 Å². The monoisotopic (exact) mass is 397 g/mol. The molecule has 1 N–H and O–H groups in total. The molecule has 0 aliphatic heterocycles. The van der Waals surface area contributed by atoms with Crippen molar-refractivity contribution in [1.82, 2.24) is 0 Å². The van der Waals surface area contributed by atoms with Gasteiger partial charge in [-0.15, -0.1) is 0 Å². The van der Waals surface area contributed by atoms with E-state index in [0.29, 0.717) is 29.2 Å². The van der Waals surface area contributed by atoms with E-state index < -0.39 is 0 Å². The maximum atomic E-state index is 12.3. The third-order valence-corrected chi connectivity index (χ3v) is 4.25. The highest BCUT2D eigenvalue weighted by atomic mass is 16.5. The second-order valence-electron chi connectivity index (χ2n) is 6.40. The van der Waals surface area contributed by atoms with Crippen LogP contribution < -0.4 is 14.8 Å². The van der Waals surface area contributed by atoms with Crippen molar-refractivity contribution in [3.05, 3.63) is 89.5 Å². The highest BCUT2D eigenvalue weighted by Crippen LogP contribution is 2.19. The molecule has 0 spiro atoms. The Morgan fingerprint density at radius 1 is 0.867 bits per heavy atom. The first-order chi connectivity index (χ1) is 14.7. The van der Waals surface area contributed by atoms with Gasteiger partial charge in [0.25, 0.3) is 5.91 Å². The van der Waals surface area contributed by atoms with E-state index in [9.17, 15) is 4.79 Å². The first-order valence-electron chi connectivity index (χ1n) is 9.27. The van der Waals surface area contributed by atoms with Crippen LogP contribution in [-0.4, -0.2) is 12.5 Å². The number of ether oxygens (including phenoxy) is 2. The van der Waals surface area contributed by atoms with Crippen LogP contribution in [-0.2, 0) is 17.8 Å². The molecule has 0 atom stereocenters. The molecule has 0 saturated carbocycles. The van der Waals surface area contributed by atoms with Crippen LogP contribution >= 0.6 is 0 Å². The summed E-state index contributed by atoms with van der Waals surface area (Å²) in [6, 6.07) is 25.4. The number of benzene rings is 3. The van der Waals surface area contributed by atoms with Crippen molar-refractivity contribution in [2.45, 2.75) is 13.0 Å². The average Bonchev–Trinajstić information content (AvgIpc) is 2.78. The fourth-order valence-corrected chi connectivity index (χ4v) is 2.68. The van der Waals surface area contributed by atoms with E-state index in [1.54, 1.807) is 30.3 Å². The molecule has 0 bridgehead atoms. The lowest BCUT2D eigenvalue weighted by Gasteiger charge is -2.13. The molecule has 0 aliphatic rings. The van der Waals surface area contributed by atoms with Crippen LogP contribution in [0.4, 0.5) is 5.69 Å². The largest absolute Gasteiger partial charge is 0.489 e. The molecule has 6 nitrogen and oxygen atoms in total. The molecule has 0 aromatic heterocycles. The van der Waals surface area contributed by atoms with Crippen LogP contribution in [0.25, 0.3) is 0 Å². The minimum atomic E-state index is -0.298. The van der Waals surface area contributed by atoms with Crippen molar-refractivity contribution in [2.24, 2.45) is 0 Å². The second kappa shape index (κ2) is 10.3. The van der Waals surface area contributed by atoms with Gasteiger partial charge in [0, 0.05) is 11.3 Å². The summed E-state index contributed by atoms with van der Waals surface area (Å²) < 4.78 is 11.3. The Balaban J connectivity index is 1.55. The van der Waals surface area contributed by atoms with Crippen molar-refractivity contribution < 1.29 is 14.3 Å². The van der Waals surface area contributed by atoms with E-state index in [-0.39, 0.29) is 19.1 Å². The zero-order valence-corrected chi connectivity index (χ0v) is 16.2. The first kappa shape index (κ1) is 20.4. The summed E-state index contributed by atoms with van der Waals surface area (Å²) in [5, 5.41) is 20.4. The van der Waals surface area contributed by atoms with Crippen LogP contribution in [0.2, 0.25) is 0 Å². The molecule has 3 aromatic carbocycles. The molecule has 0 unspecified atom stereocenters. The Morgan fingerprint density at radius 2 is 1.53 bits per heavy atom. The molecule has 0 heterocycles. The average molecular weight is 397 g/mol. The molecule has 148 valence electrons. The smallest absolute Gasteiger partial charge is 0.262 e. The Kier molecular flexibility index (Phi) is 7.02. The van der Waals surface area contributed by atoms with Crippen LogP contribution in [0.5, 0.6) is 11.5 Å². The van der Waals surface area contributed by atoms with Crippen molar-refractivity contribution in [3.63, 3.8) is 0 Å². The minimum Gasteiger partial charge on any atom is -0.489 e. The molecule has 0 radical (unpaired) electrons. The summed E-state index contributed by atoms with van der Waals surface area (Å²) >= 11 is 0. The van der Waals surface area contributed by atoms with E-state index in [0.717, 1.165) is 11.1 Å². The molecule has 1 amide bonds. The van der Waals surface area contributed by atoms with Gasteiger partial charge in [0.15, 0.2) is 6.61 Å². The Labute approximate surface area is 174 Å². The van der Waals surface area contributed by atoms with Gasteiger partial charge in [-0.3, -0.25) is 4.79 Å². The molecule has 3 rings (SSSR count). The number of carbonyl (C=O) groups excluding carboxylic acids is 1. The zero-order chi connectivity index (χ0) is 21.2. The number of nitriles is 2. The number of rotatable bonds is 8. The second-order valence-corrected chi connectivity index (χ2v) is 6.40. The van der Waals surface area contributed by atoms with E-state index >= 15 is 0 Å². The summed E-state index contributed by atoms with van der Waals surface area (Å²) in [7, 11) is 0. The van der Waals surface area contributed by atoms with Gasteiger partial charge in [-0.25, -0.2) is 0 Å². The van der Waals surface area contributed by atoms with Gasteiger partial charge in [0.1, 0.15) is 18.1 Å². The number of carbonyl (C=O) groups is 1. The standard InChI is InChI=1S/C24H19N3O3/c25-14-13-18-5-9-21(10-6-18)29-16-20-3-1-2-4-23(20)27-24(28)17-30-22-11-7-19(15-26)8-12-22/h1-12H,13,16-17H2,(H,27,28). The number of nitrogens with one attached hydrogen (secondary N) is 1. The van der Waals surface area contributed by atoms with Gasteiger partial charge >= 0.3 is 0 Å². The lowest BCUT2D eigenvalue weighted by atomic mass is 10.1. The van der Waals surface area contributed by atoms with Gasteiger partial charge in [0.2, 0.25) is 0 Å². The number of nitrogens with zero attached hydrogens (tertiary/aromatic N) is 2. The minimum absolute atomic E-state index is 0.151. The summed E-state index contributed by atoms with van der Waals surface area (Å²) in [5.41, 5.74) is 2.93. The Hall–Kier alpha value is -4.29. The van der Waals surface area contributed by atoms with Gasteiger partial charge in [-0.2, -0.15) is 10.5 Å². The maximum absolute atomic E-state index is 12.3. The third kappa shape index (κ3) is 5.85. The van der Waals surface area contributed by atoms with Crippen LogP contribution in [0.15, 0.2) is 72.8 Å².